The normalized spacial score (nSPS) is 31.1. The third kappa shape index (κ3) is 2.54. The largest absolute Gasteiger partial charge is 0.243 e. The third-order valence-corrected chi connectivity index (χ3v) is 6.36. The number of nitrogens with zero attached hydrogens (tertiary/aromatic N) is 1. The van der Waals surface area contributed by atoms with Crippen LogP contribution in [0.4, 0.5) is 0 Å². The second-order valence-corrected chi connectivity index (χ2v) is 7.69. The smallest absolute Gasteiger partial charge is 0.207 e. The summed E-state index contributed by atoms with van der Waals surface area (Å²) in [6.45, 7) is 0. The van der Waals surface area contributed by atoms with E-state index in [1.165, 1.54) is 12.8 Å². The molecule has 1 aromatic carbocycles. The topological polar surface area (TPSA) is 37.1 Å². The van der Waals surface area contributed by atoms with Gasteiger partial charge in [-0.3, -0.25) is 0 Å². The standard InChI is InChI=1S/C14H18ClNO2S/c15-11-7-9-12(10-8-11)19(17,18)16-13-5-3-1-2-4-6-14(13)16/h7-10,13-14H,1-6H2/t13-,14-/m0/s1. The van der Waals surface area contributed by atoms with Crippen LogP contribution in [0.1, 0.15) is 38.5 Å². The highest BCUT2D eigenvalue weighted by atomic mass is 35.5. The Hall–Kier alpha value is -0.580. The average Bonchev–Trinajstić information content (AvgIpc) is 3.02. The number of fused-ring (bicyclic) bond motifs is 1. The summed E-state index contributed by atoms with van der Waals surface area (Å²) in [4.78, 5) is 0.364. The van der Waals surface area contributed by atoms with E-state index in [9.17, 15) is 8.42 Å². The van der Waals surface area contributed by atoms with Gasteiger partial charge in [-0.15, -0.1) is 0 Å². The lowest BCUT2D eigenvalue weighted by molar-refractivity contribution is 0.538. The van der Waals surface area contributed by atoms with Gasteiger partial charge in [0, 0.05) is 17.1 Å². The van der Waals surface area contributed by atoms with Gasteiger partial charge in [-0.1, -0.05) is 37.3 Å². The molecule has 19 heavy (non-hydrogen) atoms. The first-order chi connectivity index (χ1) is 9.10. The molecule has 1 heterocycles. The molecule has 0 radical (unpaired) electrons. The van der Waals surface area contributed by atoms with E-state index in [1.807, 2.05) is 0 Å². The number of benzene rings is 1. The molecule has 2 fully saturated rings. The van der Waals surface area contributed by atoms with Gasteiger partial charge >= 0.3 is 0 Å². The van der Waals surface area contributed by atoms with Crippen molar-refractivity contribution in [1.82, 2.24) is 4.31 Å². The molecular formula is C14H18ClNO2S. The highest BCUT2D eigenvalue weighted by molar-refractivity contribution is 7.89. The first-order valence-corrected chi connectivity index (χ1v) is 8.71. The van der Waals surface area contributed by atoms with Crippen LogP contribution < -0.4 is 0 Å². The van der Waals surface area contributed by atoms with E-state index in [2.05, 4.69) is 0 Å². The van der Waals surface area contributed by atoms with Crippen molar-refractivity contribution in [2.45, 2.75) is 55.5 Å². The highest BCUT2D eigenvalue weighted by Gasteiger charge is 2.54. The van der Waals surface area contributed by atoms with Gasteiger partial charge in [-0.05, 0) is 37.1 Å². The van der Waals surface area contributed by atoms with Crippen molar-refractivity contribution >= 4 is 21.6 Å². The Morgan fingerprint density at radius 1 is 0.947 bits per heavy atom. The maximum Gasteiger partial charge on any atom is 0.243 e. The zero-order valence-electron chi connectivity index (χ0n) is 10.8. The molecular weight excluding hydrogens is 282 g/mol. The Morgan fingerprint density at radius 2 is 1.47 bits per heavy atom. The number of hydrogen-bond donors (Lipinski definition) is 0. The van der Waals surface area contributed by atoms with Crippen LogP contribution in [-0.4, -0.2) is 24.8 Å². The van der Waals surface area contributed by atoms with Crippen LogP contribution in [0.2, 0.25) is 5.02 Å². The summed E-state index contributed by atoms with van der Waals surface area (Å²) >= 11 is 5.81. The summed E-state index contributed by atoms with van der Waals surface area (Å²) in [5.74, 6) is 0. The number of halogens is 1. The Balaban J connectivity index is 1.83. The molecule has 0 aromatic heterocycles. The first-order valence-electron chi connectivity index (χ1n) is 6.90. The van der Waals surface area contributed by atoms with E-state index >= 15 is 0 Å². The van der Waals surface area contributed by atoms with Gasteiger partial charge in [0.05, 0.1) is 4.90 Å². The molecule has 1 saturated carbocycles. The minimum atomic E-state index is -3.32. The van der Waals surface area contributed by atoms with Gasteiger partial charge in [0.2, 0.25) is 10.0 Å². The molecule has 0 spiro atoms. The maximum atomic E-state index is 12.6. The van der Waals surface area contributed by atoms with E-state index < -0.39 is 10.0 Å². The summed E-state index contributed by atoms with van der Waals surface area (Å²) in [5.41, 5.74) is 0. The SMILES string of the molecule is O=S(=O)(c1ccc(Cl)cc1)N1[C@H]2CCCCCC[C@@H]21. The van der Waals surface area contributed by atoms with Crippen LogP contribution in [0.15, 0.2) is 29.2 Å². The quantitative estimate of drug-likeness (QED) is 0.785. The molecule has 0 unspecified atom stereocenters. The van der Waals surface area contributed by atoms with Gasteiger partial charge < -0.3 is 0 Å². The van der Waals surface area contributed by atoms with Gasteiger partial charge in [0.15, 0.2) is 0 Å². The van der Waals surface area contributed by atoms with Crippen LogP contribution in [-0.2, 0) is 10.0 Å². The molecule has 0 N–H and O–H groups in total. The zero-order chi connectivity index (χ0) is 13.5. The molecule has 1 aliphatic heterocycles. The van der Waals surface area contributed by atoms with Crippen LogP contribution in [0, 0.1) is 0 Å². The molecule has 0 bridgehead atoms. The van der Waals surface area contributed by atoms with Gasteiger partial charge in [0.25, 0.3) is 0 Å². The van der Waals surface area contributed by atoms with Gasteiger partial charge in [0.1, 0.15) is 0 Å². The monoisotopic (exact) mass is 299 g/mol. The predicted molar refractivity (Wildman–Crippen MR) is 75.8 cm³/mol. The Labute approximate surface area is 119 Å². The highest BCUT2D eigenvalue weighted by Crippen LogP contribution is 2.43. The fourth-order valence-electron chi connectivity index (χ4n) is 3.09. The fourth-order valence-corrected chi connectivity index (χ4v) is 5.09. The fraction of sp³-hybridized carbons (Fsp3) is 0.571. The van der Waals surface area contributed by atoms with Crippen LogP contribution in [0.3, 0.4) is 0 Å². The van der Waals surface area contributed by atoms with Gasteiger partial charge in [-0.2, -0.15) is 4.31 Å². The Morgan fingerprint density at radius 3 is 2.00 bits per heavy atom. The Bertz CT molecular complexity index is 541. The summed E-state index contributed by atoms with van der Waals surface area (Å²) < 4.78 is 26.9. The summed E-state index contributed by atoms with van der Waals surface area (Å²) in [7, 11) is -3.32. The number of sulfonamides is 1. The molecule has 1 aliphatic carbocycles. The van der Waals surface area contributed by atoms with E-state index in [-0.39, 0.29) is 12.1 Å². The minimum absolute atomic E-state index is 0.237. The van der Waals surface area contributed by atoms with E-state index in [1.54, 1.807) is 28.6 Å². The minimum Gasteiger partial charge on any atom is -0.207 e. The summed E-state index contributed by atoms with van der Waals surface area (Å²) in [5, 5.41) is 0.566. The van der Waals surface area contributed by atoms with Crippen molar-refractivity contribution < 1.29 is 8.42 Å². The molecule has 1 aromatic rings. The number of rotatable bonds is 2. The average molecular weight is 300 g/mol. The Kier molecular flexibility index (Phi) is 3.58. The molecule has 3 rings (SSSR count). The predicted octanol–water partition coefficient (Wildman–Crippen LogP) is 3.44. The molecule has 2 aliphatic rings. The molecule has 0 amide bonds. The van der Waals surface area contributed by atoms with E-state index in [0.29, 0.717) is 9.92 Å². The van der Waals surface area contributed by atoms with Crippen molar-refractivity contribution in [3.63, 3.8) is 0 Å². The zero-order valence-corrected chi connectivity index (χ0v) is 12.3. The number of hydrogen-bond acceptors (Lipinski definition) is 2. The third-order valence-electron chi connectivity index (χ3n) is 4.15. The van der Waals surface area contributed by atoms with Crippen LogP contribution in [0.25, 0.3) is 0 Å². The summed E-state index contributed by atoms with van der Waals surface area (Å²) in [6, 6.07) is 6.95. The second kappa shape index (κ2) is 5.08. The van der Waals surface area contributed by atoms with Gasteiger partial charge in [-0.25, -0.2) is 8.42 Å². The second-order valence-electron chi connectivity index (χ2n) is 5.42. The lowest BCUT2D eigenvalue weighted by Gasteiger charge is -2.06. The first kappa shape index (κ1) is 13.4. The van der Waals surface area contributed by atoms with Crippen molar-refractivity contribution in [3.05, 3.63) is 29.3 Å². The van der Waals surface area contributed by atoms with Crippen molar-refractivity contribution in [2.24, 2.45) is 0 Å². The van der Waals surface area contributed by atoms with Crippen LogP contribution >= 0.6 is 11.6 Å². The molecule has 5 heteroatoms. The van der Waals surface area contributed by atoms with Crippen LogP contribution in [0.5, 0.6) is 0 Å². The van der Waals surface area contributed by atoms with E-state index in [0.717, 1.165) is 25.7 Å². The molecule has 104 valence electrons. The molecule has 2 atom stereocenters. The maximum absolute atomic E-state index is 12.6. The van der Waals surface area contributed by atoms with E-state index in [4.69, 9.17) is 11.6 Å². The van der Waals surface area contributed by atoms with Crippen molar-refractivity contribution in [3.8, 4) is 0 Å². The lowest BCUT2D eigenvalue weighted by Crippen LogP contribution is -2.15. The van der Waals surface area contributed by atoms with Crippen molar-refractivity contribution in [2.75, 3.05) is 0 Å². The molecule has 1 saturated heterocycles. The summed E-state index contributed by atoms with van der Waals surface area (Å²) in [6.07, 6.45) is 6.78. The molecule has 3 nitrogen and oxygen atoms in total. The van der Waals surface area contributed by atoms with Crippen molar-refractivity contribution in [1.29, 1.82) is 0 Å². The lowest BCUT2D eigenvalue weighted by atomic mass is 10.0.